The number of carbonyl (C=O) groups is 2. The van der Waals surface area contributed by atoms with E-state index in [4.69, 9.17) is 24.4 Å². The average molecular weight is 680 g/mol. The van der Waals surface area contributed by atoms with Gasteiger partial charge in [-0.3, -0.25) is 20.8 Å². The molecule has 0 spiro atoms. The molecule has 0 fully saturated rings. The summed E-state index contributed by atoms with van der Waals surface area (Å²) in [6.07, 6.45) is 11.4. The van der Waals surface area contributed by atoms with Crippen LogP contribution in [-0.2, 0) is 27.4 Å². The number of unbranched alkanes of at least 4 members (excludes halogenated alkanes) is 3. The van der Waals surface area contributed by atoms with Gasteiger partial charge in [-0.25, -0.2) is 14.7 Å². The van der Waals surface area contributed by atoms with Gasteiger partial charge in [-0.2, -0.15) is 9.89 Å². The third-order valence-electron chi connectivity index (χ3n) is 9.50. The van der Waals surface area contributed by atoms with E-state index in [1.807, 2.05) is 18.5 Å². The number of nitrogens with one attached hydrogen (secondary N) is 5. The molecule has 1 amide bonds. The number of fused-ring (bicyclic) bond motifs is 3. The number of quaternary nitrogens is 2. The monoisotopic (exact) mass is 679 g/mol. The Bertz CT molecular complexity index is 1700. The summed E-state index contributed by atoms with van der Waals surface area (Å²) in [5.74, 6) is 0.0984. The second-order valence-electron chi connectivity index (χ2n) is 12.8. The number of rotatable bonds is 13. The number of amides is 1. The second kappa shape index (κ2) is 14.1. The van der Waals surface area contributed by atoms with Crippen LogP contribution in [0.15, 0.2) is 40.3 Å². The first kappa shape index (κ1) is 34.3. The van der Waals surface area contributed by atoms with Crippen LogP contribution in [0.25, 0.3) is 5.57 Å². The lowest BCUT2D eigenvalue weighted by molar-refractivity contribution is -1.05. The van der Waals surface area contributed by atoms with Crippen molar-refractivity contribution in [3.63, 3.8) is 0 Å². The van der Waals surface area contributed by atoms with Crippen molar-refractivity contribution in [2.24, 2.45) is 9.98 Å². The highest BCUT2D eigenvalue weighted by Gasteiger charge is 2.47. The van der Waals surface area contributed by atoms with Gasteiger partial charge < -0.3 is 29.2 Å². The Hall–Kier alpha value is -4.57. The van der Waals surface area contributed by atoms with Gasteiger partial charge in [0.2, 0.25) is 17.4 Å². The third kappa shape index (κ3) is 6.46. The first-order valence-electron chi connectivity index (χ1n) is 16.8. The maximum Gasteiger partial charge on any atom is 0.374 e. The van der Waals surface area contributed by atoms with Gasteiger partial charge in [0, 0.05) is 12.0 Å². The first-order valence-corrected chi connectivity index (χ1v) is 16.8. The van der Waals surface area contributed by atoms with E-state index in [9.17, 15) is 19.8 Å². The van der Waals surface area contributed by atoms with Gasteiger partial charge in [0.1, 0.15) is 36.1 Å². The number of allylic oxidation sites excluding steroid dienone is 2. The van der Waals surface area contributed by atoms with Crippen LogP contribution < -0.4 is 34.6 Å². The summed E-state index contributed by atoms with van der Waals surface area (Å²) in [7, 11) is 1.55. The van der Waals surface area contributed by atoms with E-state index in [0.29, 0.717) is 59.0 Å². The second-order valence-corrected chi connectivity index (χ2v) is 12.8. The SMILES string of the molecule is CCCCCC[C@](C)(O)[C@@H]1Cc2c(c(CO)c3c(c2OC)C(=CC[NH+]2C=CNC2[NH+]2CN=C4C(=O)NC(=N)N=C42)C=C(C(=O)OCC)O3)O1. The zero-order valence-electron chi connectivity index (χ0n) is 28.3. The molecule has 3 unspecified atom stereocenters. The Balaban J connectivity index is 1.35. The average Bonchev–Trinajstić information content (AvgIpc) is 3.83. The van der Waals surface area contributed by atoms with E-state index in [1.54, 1.807) is 27.0 Å². The number of amidine groups is 1. The maximum absolute atomic E-state index is 13.0. The molecule has 5 heterocycles. The van der Waals surface area contributed by atoms with Crippen molar-refractivity contribution in [2.75, 3.05) is 26.9 Å². The number of aliphatic imine (C=N–C) groups is 2. The van der Waals surface area contributed by atoms with Crippen molar-refractivity contribution in [1.82, 2.24) is 10.6 Å². The van der Waals surface area contributed by atoms with E-state index in [-0.39, 0.29) is 42.7 Å². The van der Waals surface area contributed by atoms with Crippen molar-refractivity contribution in [3.8, 4) is 17.2 Å². The normalized spacial score (nSPS) is 25.5. The lowest BCUT2D eigenvalue weighted by Gasteiger charge is -2.29. The van der Waals surface area contributed by atoms with Gasteiger partial charge in [-0.1, -0.05) is 32.6 Å². The number of esters is 1. The number of methoxy groups -OCH3 is 1. The van der Waals surface area contributed by atoms with Gasteiger partial charge >= 0.3 is 12.3 Å². The predicted octanol–water partition coefficient (Wildman–Crippen LogP) is -0.562. The molecule has 6 rings (SSSR count). The fourth-order valence-corrected chi connectivity index (χ4v) is 6.97. The molecule has 0 aliphatic carbocycles. The largest absolute Gasteiger partial charge is 0.496 e. The highest BCUT2D eigenvalue weighted by atomic mass is 16.6. The summed E-state index contributed by atoms with van der Waals surface area (Å²) in [5, 5.41) is 35.9. The van der Waals surface area contributed by atoms with Crippen molar-refractivity contribution in [3.05, 3.63) is 47.0 Å². The summed E-state index contributed by atoms with van der Waals surface area (Å²) in [6, 6.07) is 0. The van der Waals surface area contributed by atoms with Crippen LogP contribution in [0.3, 0.4) is 0 Å². The quantitative estimate of drug-likeness (QED) is 0.106. The van der Waals surface area contributed by atoms with Crippen LogP contribution in [0.2, 0.25) is 0 Å². The van der Waals surface area contributed by atoms with Gasteiger partial charge in [-0.15, -0.1) is 0 Å². The van der Waals surface area contributed by atoms with Crippen molar-refractivity contribution in [2.45, 2.75) is 83.9 Å². The lowest BCUT2D eigenvalue weighted by atomic mass is 9.87. The molecule has 5 aliphatic rings. The molecule has 0 radical (unpaired) electrons. The molecule has 0 aromatic heterocycles. The molecule has 5 aliphatic heterocycles. The molecule has 0 saturated carbocycles. The number of ether oxygens (including phenoxy) is 4. The molecular weight excluding hydrogens is 634 g/mol. The fourth-order valence-electron chi connectivity index (χ4n) is 6.97. The summed E-state index contributed by atoms with van der Waals surface area (Å²) >= 11 is 0. The third-order valence-corrected chi connectivity index (χ3v) is 9.50. The minimum Gasteiger partial charge on any atom is -0.496 e. The number of benzene rings is 1. The predicted molar refractivity (Wildman–Crippen MR) is 178 cm³/mol. The van der Waals surface area contributed by atoms with Gasteiger partial charge in [-0.05, 0) is 38.0 Å². The van der Waals surface area contributed by atoms with Crippen LogP contribution in [0.5, 0.6) is 17.2 Å². The molecule has 0 bridgehead atoms. The molecule has 0 saturated heterocycles. The maximum atomic E-state index is 13.0. The topological polar surface area (TPSA) is 193 Å². The summed E-state index contributed by atoms with van der Waals surface area (Å²) in [5.41, 5.74) is 1.32. The standard InChI is InChI=1S/C34H43N7O8/c1-5-7-8-9-11-34(3,45)23-16-20-26(49-23)21(17-42)28-24(27(20)46-4)19(15-22(48-28)31(44)47-6-2)10-13-40-14-12-36-33(40)41-18-37-25-29(41)38-32(35)39-30(25)43/h10,12,14-15,23,33,36,42,45H,5-9,11,13,16-18H2,1-4H3,(H2,35,39,43)/p+2/t23-,33?,34-/m0/s1. The van der Waals surface area contributed by atoms with E-state index >= 15 is 0 Å². The number of hydrogen-bond donors (Lipinski definition) is 7. The number of carbonyl (C=O) groups excluding carboxylic acids is 2. The highest BCUT2D eigenvalue weighted by Crippen LogP contribution is 2.53. The Labute approximate surface area is 284 Å². The number of aliphatic hydroxyl groups excluding tert-OH is 1. The van der Waals surface area contributed by atoms with E-state index in [1.165, 1.54) is 0 Å². The number of guanidine groups is 1. The van der Waals surface area contributed by atoms with E-state index < -0.39 is 30.2 Å². The molecule has 15 nitrogen and oxygen atoms in total. The molecule has 15 heteroatoms. The first-order chi connectivity index (χ1) is 23.6. The summed E-state index contributed by atoms with van der Waals surface area (Å²) in [4.78, 5) is 35.8. The zero-order valence-corrected chi connectivity index (χ0v) is 28.3. The van der Waals surface area contributed by atoms with Crippen molar-refractivity contribution < 1.29 is 48.5 Å². The molecule has 7 N–H and O–H groups in total. The van der Waals surface area contributed by atoms with Crippen LogP contribution in [-0.4, -0.2) is 84.5 Å². The number of aliphatic hydroxyl groups is 2. The lowest BCUT2D eigenvalue weighted by Crippen LogP contribution is -3.36. The van der Waals surface area contributed by atoms with Crippen LogP contribution >= 0.6 is 0 Å². The highest BCUT2D eigenvalue weighted by molar-refractivity contribution is 6.68. The summed E-state index contributed by atoms with van der Waals surface area (Å²) < 4.78 is 23.9. The van der Waals surface area contributed by atoms with E-state index in [0.717, 1.165) is 35.5 Å². The zero-order chi connectivity index (χ0) is 34.9. The van der Waals surface area contributed by atoms with E-state index in [2.05, 4.69) is 27.5 Å². The molecule has 49 heavy (non-hydrogen) atoms. The number of nitrogens with zero attached hydrogens (tertiary/aromatic N) is 2. The van der Waals surface area contributed by atoms with Crippen LogP contribution in [0.1, 0.15) is 69.6 Å². The Morgan fingerprint density at radius 2 is 2.08 bits per heavy atom. The van der Waals surface area contributed by atoms with Crippen molar-refractivity contribution in [1.29, 1.82) is 5.41 Å². The van der Waals surface area contributed by atoms with Gasteiger partial charge in [0.05, 0.1) is 43.3 Å². The molecule has 262 valence electrons. The Morgan fingerprint density at radius 3 is 2.82 bits per heavy atom. The minimum absolute atomic E-state index is 0.0549. The van der Waals surface area contributed by atoms with Crippen LogP contribution in [0.4, 0.5) is 0 Å². The smallest absolute Gasteiger partial charge is 0.374 e. The minimum atomic E-state index is -1.13. The summed E-state index contributed by atoms with van der Waals surface area (Å²) in [6.45, 7) is 6.00. The molecule has 1 aromatic rings. The van der Waals surface area contributed by atoms with Gasteiger partial charge in [0.15, 0.2) is 6.67 Å². The Kier molecular flexibility index (Phi) is 9.88. The Morgan fingerprint density at radius 1 is 1.27 bits per heavy atom. The van der Waals surface area contributed by atoms with Gasteiger partial charge in [0.25, 0.3) is 11.7 Å². The molecule has 5 atom stereocenters. The van der Waals surface area contributed by atoms with Crippen molar-refractivity contribution >= 4 is 35.0 Å². The fraction of sp³-hybridized carbons (Fsp3) is 0.500. The number of hydrogen-bond acceptors (Lipinski definition) is 11. The van der Waals surface area contributed by atoms with Crippen LogP contribution in [0, 0.1) is 5.41 Å². The molecular formula is C34H45N7O8+2. The molecule has 1 aromatic carbocycles.